The fourth-order valence-corrected chi connectivity index (χ4v) is 3.71. The maximum atomic E-state index is 13.2. The third-order valence-corrected chi connectivity index (χ3v) is 5.45. The minimum atomic E-state index is -0.365. The molecular formula is C27H27N3O6. The van der Waals surface area contributed by atoms with Crippen molar-refractivity contribution >= 4 is 0 Å². The Balaban J connectivity index is 1.62. The van der Waals surface area contributed by atoms with E-state index in [9.17, 15) is 9.59 Å². The molecule has 0 aliphatic rings. The van der Waals surface area contributed by atoms with E-state index in [1.807, 2.05) is 31.2 Å². The largest absolute Gasteiger partial charge is 0.494 e. The summed E-state index contributed by atoms with van der Waals surface area (Å²) < 4.78 is 25.4. The molecule has 0 saturated carbocycles. The molecule has 186 valence electrons. The van der Waals surface area contributed by atoms with Gasteiger partial charge in [-0.25, -0.2) is 0 Å². The molecule has 9 heteroatoms. The van der Waals surface area contributed by atoms with Crippen LogP contribution in [0.15, 0.2) is 82.5 Å². The van der Waals surface area contributed by atoms with Crippen LogP contribution in [0.2, 0.25) is 0 Å². The first-order valence-corrected chi connectivity index (χ1v) is 11.4. The van der Waals surface area contributed by atoms with E-state index in [4.69, 9.17) is 18.9 Å². The molecule has 4 rings (SSSR count). The second-order valence-electron chi connectivity index (χ2n) is 7.70. The van der Waals surface area contributed by atoms with Gasteiger partial charge in [0.1, 0.15) is 36.2 Å². The van der Waals surface area contributed by atoms with Crippen molar-refractivity contribution in [2.24, 2.45) is 0 Å². The van der Waals surface area contributed by atoms with Gasteiger partial charge in [0.2, 0.25) is 5.88 Å². The zero-order valence-corrected chi connectivity index (χ0v) is 20.3. The number of rotatable bonds is 10. The normalized spacial score (nSPS) is 10.8. The molecule has 0 radical (unpaired) electrons. The molecule has 4 aromatic rings. The van der Waals surface area contributed by atoms with Crippen molar-refractivity contribution in [1.82, 2.24) is 14.1 Å². The molecular weight excluding hydrogens is 462 g/mol. The summed E-state index contributed by atoms with van der Waals surface area (Å²) in [6, 6.07) is 19.0. The number of nitrogens with zero attached hydrogens (tertiary/aromatic N) is 3. The summed E-state index contributed by atoms with van der Waals surface area (Å²) in [5.41, 5.74) is 1.56. The van der Waals surface area contributed by atoms with Gasteiger partial charge >= 0.3 is 0 Å². The Morgan fingerprint density at radius 3 is 2.19 bits per heavy atom. The monoisotopic (exact) mass is 489 g/mol. The number of aromatic nitrogens is 3. The Hall–Kier alpha value is -4.37. The molecule has 0 spiro atoms. The number of benzene rings is 2. The Morgan fingerprint density at radius 1 is 0.833 bits per heavy atom. The summed E-state index contributed by atoms with van der Waals surface area (Å²) >= 11 is 0. The van der Waals surface area contributed by atoms with Crippen molar-refractivity contribution < 1.29 is 18.9 Å². The third-order valence-electron chi connectivity index (χ3n) is 5.45. The number of ether oxygens (including phenoxy) is 4. The van der Waals surface area contributed by atoms with Crippen molar-refractivity contribution in [3.8, 4) is 28.8 Å². The second-order valence-corrected chi connectivity index (χ2v) is 7.70. The molecule has 0 atom stereocenters. The Bertz CT molecular complexity index is 1420. The first-order valence-electron chi connectivity index (χ1n) is 11.4. The average molecular weight is 490 g/mol. The standard InChI is InChI=1S/C27H27N3O6/c1-4-35-18-23-28-24(16-26(32)30(23)27-21(33-2)8-7-9-22(27)34-3)36-17-19-11-13-20(14-12-19)29-15-6-5-10-25(29)31/h5-16H,4,17-18H2,1-3H3. The lowest BCUT2D eigenvalue weighted by Gasteiger charge is -2.18. The zero-order chi connectivity index (χ0) is 25.5. The van der Waals surface area contributed by atoms with E-state index in [0.717, 1.165) is 11.3 Å². The summed E-state index contributed by atoms with van der Waals surface area (Å²) in [6.07, 6.45) is 1.71. The molecule has 9 nitrogen and oxygen atoms in total. The quantitative estimate of drug-likeness (QED) is 0.336. The van der Waals surface area contributed by atoms with Gasteiger partial charge in [-0.2, -0.15) is 4.98 Å². The van der Waals surface area contributed by atoms with E-state index in [1.54, 1.807) is 41.1 Å². The van der Waals surface area contributed by atoms with E-state index in [2.05, 4.69) is 4.98 Å². The van der Waals surface area contributed by atoms with Gasteiger partial charge in [-0.05, 0) is 42.8 Å². The number of para-hydroxylation sites is 1. The maximum absolute atomic E-state index is 13.2. The minimum absolute atomic E-state index is 0.0880. The summed E-state index contributed by atoms with van der Waals surface area (Å²) in [5, 5.41) is 0. The van der Waals surface area contributed by atoms with E-state index in [1.165, 1.54) is 30.9 Å². The lowest BCUT2D eigenvalue weighted by molar-refractivity contribution is 0.125. The van der Waals surface area contributed by atoms with Crippen LogP contribution in [0.3, 0.4) is 0 Å². The molecule has 2 aromatic carbocycles. The van der Waals surface area contributed by atoms with Crippen LogP contribution >= 0.6 is 0 Å². The van der Waals surface area contributed by atoms with Crippen LogP contribution in [0.1, 0.15) is 18.3 Å². The minimum Gasteiger partial charge on any atom is -0.494 e. The summed E-state index contributed by atoms with van der Waals surface area (Å²) in [6.45, 7) is 2.58. The van der Waals surface area contributed by atoms with E-state index in [-0.39, 0.29) is 30.2 Å². The number of methoxy groups -OCH3 is 2. The van der Waals surface area contributed by atoms with Gasteiger partial charge in [0, 0.05) is 24.6 Å². The average Bonchev–Trinajstić information content (AvgIpc) is 2.91. The SMILES string of the molecule is CCOCc1nc(OCc2ccc(-n3ccccc3=O)cc2)cc(=O)n1-c1c(OC)cccc1OC. The predicted molar refractivity (Wildman–Crippen MR) is 135 cm³/mol. The molecule has 0 N–H and O–H groups in total. The van der Waals surface area contributed by atoms with Crippen molar-refractivity contribution in [3.05, 3.63) is 105 Å². The first kappa shape index (κ1) is 24.7. The van der Waals surface area contributed by atoms with Gasteiger partial charge in [-0.3, -0.25) is 18.7 Å². The smallest absolute Gasteiger partial charge is 0.262 e. The van der Waals surface area contributed by atoms with Gasteiger partial charge in [0.25, 0.3) is 11.1 Å². The summed E-state index contributed by atoms with van der Waals surface area (Å²) in [5.74, 6) is 1.44. The lowest BCUT2D eigenvalue weighted by atomic mass is 10.2. The molecule has 0 amide bonds. The Morgan fingerprint density at radius 2 is 1.56 bits per heavy atom. The van der Waals surface area contributed by atoms with Crippen molar-refractivity contribution in [2.45, 2.75) is 20.1 Å². The van der Waals surface area contributed by atoms with Crippen LogP contribution in [-0.4, -0.2) is 34.9 Å². The van der Waals surface area contributed by atoms with Gasteiger partial charge in [0.05, 0.1) is 20.3 Å². The van der Waals surface area contributed by atoms with Crippen molar-refractivity contribution in [2.75, 3.05) is 20.8 Å². The zero-order valence-electron chi connectivity index (χ0n) is 20.3. The van der Waals surface area contributed by atoms with Crippen LogP contribution in [0, 0.1) is 0 Å². The molecule has 0 aliphatic carbocycles. The fourth-order valence-electron chi connectivity index (χ4n) is 3.71. The first-order chi connectivity index (χ1) is 17.5. The highest BCUT2D eigenvalue weighted by Gasteiger charge is 2.19. The van der Waals surface area contributed by atoms with Crippen LogP contribution in [0.4, 0.5) is 0 Å². The summed E-state index contributed by atoms with van der Waals surface area (Å²) in [7, 11) is 3.05. The van der Waals surface area contributed by atoms with Crippen LogP contribution in [0.5, 0.6) is 17.4 Å². The van der Waals surface area contributed by atoms with Crippen LogP contribution < -0.4 is 25.3 Å². The summed E-state index contributed by atoms with van der Waals surface area (Å²) in [4.78, 5) is 29.8. The molecule has 0 saturated heterocycles. The van der Waals surface area contributed by atoms with E-state index >= 15 is 0 Å². The third kappa shape index (κ3) is 5.31. The van der Waals surface area contributed by atoms with Crippen molar-refractivity contribution in [3.63, 3.8) is 0 Å². The van der Waals surface area contributed by atoms with Gasteiger partial charge in [-0.1, -0.05) is 24.3 Å². The van der Waals surface area contributed by atoms with Gasteiger partial charge in [0.15, 0.2) is 0 Å². The van der Waals surface area contributed by atoms with E-state index < -0.39 is 0 Å². The molecule has 2 aromatic heterocycles. The topological polar surface area (TPSA) is 93.8 Å². The fraction of sp³-hybridized carbons (Fsp3) is 0.222. The number of hydrogen-bond acceptors (Lipinski definition) is 7. The van der Waals surface area contributed by atoms with Gasteiger partial charge in [-0.15, -0.1) is 0 Å². The lowest BCUT2D eigenvalue weighted by Crippen LogP contribution is -2.25. The number of hydrogen-bond donors (Lipinski definition) is 0. The van der Waals surface area contributed by atoms with Crippen LogP contribution in [-0.2, 0) is 18.0 Å². The number of pyridine rings is 1. The molecule has 0 bridgehead atoms. The highest BCUT2D eigenvalue weighted by atomic mass is 16.5. The molecule has 0 aliphatic heterocycles. The molecule has 0 unspecified atom stereocenters. The maximum Gasteiger partial charge on any atom is 0.262 e. The highest BCUT2D eigenvalue weighted by Crippen LogP contribution is 2.32. The highest BCUT2D eigenvalue weighted by molar-refractivity contribution is 5.57. The van der Waals surface area contributed by atoms with E-state index in [0.29, 0.717) is 29.6 Å². The Kier molecular flexibility index (Phi) is 7.82. The van der Waals surface area contributed by atoms with Crippen LogP contribution in [0.25, 0.3) is 11.4 Å². The predicted octanol–water partition coefficient (Wildman–Crippen LogP) is 3.52. The second kappa shape index (κ2) is 11.4. The molecule has 2 heterocycles. The molecule has 36 heavy (non-hydrogen) atoms. The van der Waals surface area contributed by atoms with Gasteiger partial charge < -0.3 is 18.9 Å². The van der Waals surface area contributed by atoms with Crippen molar-refractivity contribution in [1.29, 1.82) is 0 Å². The Labute approximate surface area is 208 Å². The molecule has 0 fully saturated rings.